The van der Waals surface area contributed by atoms with E-state index in [-0.39, 0.29) is 5.56 Å². The Bertz CT molecular complexity index is 300. The summed E-state index contributed by atoms with van der Waals surface area (Å²) in [7, 11) is 0. The number of aryl methyl sites for hydroxylation is 2. The van der Waals surface area contributed by atoms with Gasteiger partial charge in [0.1, 0.15) is 0 Å². The minimum atomic E-state index is 0.0527. The molecule has 0 bridgehead atoms. The maximum Gasteiger partial charge on any atom is 0.266 e. The summed E-state index contributed by atoms with van der Waals surface area (Å²) in [5.41, 5.74) is 6.43. The molecule has 0 amide bonds. The van der Waals surface area contributed by atoms with Crippen molar-refractivity contribution >= 4 is 0 Å². The molecule has 4 heteroatoms. The highest BCUT2D eigenvalue weighted by molar-refractivity contribution is 4.99. The first-order valence-corrected chi connectivity index (χ1v) is 4.76. The van der Waals surface area contributed by atoms with Crippen LogP contribution in [0.3, 0.4) is 0 Å². The summed E-state index contributed by atoms with van der Waals surface area (Å²) >= 11 is 0. The topological polar surface area (TPSA) is 63.8 Å². The number of hydrogen-bond acceptors (Lipinski definition) is 2. The van der Waals surface area contributed by atoms with Crippen LogP contribution in [0.25, 0.3) is 0 Å². The van der Waals surface area contributed by atoms with E-state index in [4.69, 9.17) is 5.73 Å². The maximum atomic E-state index is 11.3. The van der Waals surface area contributed by atoms with Gasteiger partial charge in [0, 0.05) is 18.3 Å². The molecular formula is C9H17N3O. The standard InChI is InChI=1S/C9H17N3O/c1-2-4-8-7-9(13)12(11-8)6-3-5-10/h7,11H,2-6,10H2,1H3. The van der Waals surface area contributed by atoms with Crippen LogP contribution < -0.4 is 11.3 Å². The van der Waals surface area contributed by atoms with Crippen molar-refractivity contribution in [3.63, 3.8) is 0 Å². The van der Waals surface area contributed by atoms with Crippen molar-refractivity contribution in [1.29, 1.82) is 0 Å². The third-order valence-corrected chi connectivity index (χ3v) is 1.95. The monoisotopic (exact) mass is 183 g/mol. The molecule has 0 fully saturated rings. The van der Waals surface area contributed by atoms with Gasteiger partial charge < -0.3 is 5.73 Å². The summed E-state index contributed by atoms with van der Waals surface area (Å²) in [5.74, 6) is 0. The highest BCUT2D eigenvalue weighted by atomic mass is 16.1. The molecule has 74 valence electrons. The van der Waals surface area contributed by atoms with E-state index in [1.165, 1.54) is 0 Å². The van der Waals surface area contributed by atoms with Crippen LogP contribution in [0.4, 0.5) is 0 Å². The van der Waals surface area contributed by atoms with Crippen LogP contribution in [-0.2, 0) is 13.0 Å². The van der Waals surface area contributed by atoms with Crippen molar-refractivity contribution in [3.05, 3.63) is 22.1 Å². The number of rotatable bonds is 5. The zero-order valence-corrected chi connectivity index (χ0v) is 8.05. The fraction of sp³-hybridized carbons (Fsp3) is 0.667. The van der Waals surface area contributed by atoms with Crippen LogP contribution in [0, 0.1) is 0 Å². The van der Waals surface area contributed by atoms with Crippen LogP contribution in [0.1, 0.15) is 25.5 Å². The molecule has 0 saturated heterocycles. The molecule has 1 heterocycles. The van der Waals surface area contributed by atoms with Crippen LogP contribution >= 0.6 is 0 Å². The number of nitrogens with two attached hydrogens (primary N) is 1. The van der Waals surface area contributed by atoms with Gasteiger partial charge in [0.2, 0.25) is 0 Å². The SMILES string of the molecule is CCCc1cc(=O)n(CCCN)[nH]1. The Labute approximate surface area is 77.7 Å². The van der Waals surface area contributed by atoms with Gasteiger partial charge in [0.15, 0.2) is 0 Å². The zero-order valence-electron chi connectivity index (χ0n) is 8.05. The van der Waals surface area contributed by atoms with Gasteiger partial charge in [-0.2, -0.15) is 0 Å². The van der Waals surface area contributed by atoms with Crippen molar-refractivity contribution in [2.45, 2.75) is 32.7 Å². The molecule has 3 N–H and O–H groups in total. The number of H-pyrrole nitrogens is 1. The molecule has 0 radical (unpaired) electrons. The van der Waals surface area contributed by atoms with Gasteiger partial charge in [-0.3, -0.25) is 14.6 Å². The Morgan fingerprint density at radius 3 is 3.00 bits per heavy atom. The molecule has 1 aromatic rings. The third kappa shape index (κ3) is 2.73. The summed E-state index contributed by atoms with van der Waals surface area (Å²) < 4.78 is 1.62. The zero-order chi connectivity index (χ0) is 9.68. The minimum absolute atomic E-state index is 0.0527. The lowest BCUT2D eigenvalue weighted by molar-refractivity contribution is 0.562. The molecule has 0 aliphatic carbocycles. The summed E-state index contributed by atoms with van der Waals surface area (Å²) in [6, 6.07) is 1.67. The Morgan fingerprint density at radius 1 is 1.62 bits per heavy atom. The second-order valence-electron chi connectivity index (χ2n) is 3.16. The van der Waals surface area contributed by atoms with Gasteiger partial charge in [-0.25, -0.2) is 0 Å². The van der Waals surface area contributed by atoms with Crippen molar-refractivity contribution in [2.75, 3.05) is 6.54 Å². The van der Waals surface area contributed by atoms with Gasteiger partial charge in [0.05, 0.1) is 0 Å². The fourth-order valence-electron chi connectivity index (χ4n) is 1.30. The lowest BCUT2D eigenvalue weighted by Gasteiger charge is -1.99. The Kier molecular flexibility index (Phi) is 3.76. The van der Waals surface area contributed by atoms with Crippen LogP contribution in [-0.4, -0.2) is 16.3 Å². The molecule has 0 saturated carbocycles. The van der Waals surface area contributed by atoms with Gasteiger partial charge in [-0.15, -0.1) is 0 Å². The second-order valence-corrected chi connectivity index (χ2v) is 3.16. The van der Waals surface area contributed by atoms with E-state index < -0.39 is 0 Å². The third-order valence-electron chi connectivity index (χ3n) is 1.95. The highest BCUT2D eigenvalue weighted by Crippen LogP contribution is 1.95. The van der Waals surface area contributed by atoms with E-state index >= 15 is 0 Å². The van der Waals surface area contributed by atoms with Crippen LogP contribution in [0.5, 0.6) is 0 Å². The number of nitrogens with zero attached hydrogens (tertiary/aromatic N) is 1. The number of aromatic amines is 1. The molecule has 0 atom stereocenters. The van der Waals surface area contributed by atoms with E-state index in [0.717, 1.165) is 25.0 Å². The van der Waals surface area contributed by atoms with Crippen molar-refractivity contribution in [2.24, 2.45) is 5.73 Å². The maximum absolute atomic E-state index is 11.3. The number of hydrogen-bond donors (Lipinski definition) is 2. The Morgan fingerprint density at radius 2 is 2.38 bits per heavy atom. The number of nitrogens with one attached hydrogen (secondary N) is 1. The van der Waals surface area contributed by atoms with Crippen molar-refractivity contribution < 1.29 is 0 Å². The van der Waals surface area contributed by atoms with E-state index in [1.807, 2.05) is 0 Å². The van der Waals surface area contributed by atoms with Crippen LogP contribution in [0.2, 0.25) is 0 Å². The lowest BCUT2D eigenvalue weighted by Crippen LogP contribution is -2.17. The summed E-state index contributed by atoms with van der Waals surface area (Å²) in [4.78, 5) is 11.3. The second kappa shape index (κ2) is 4.87. The van der Waals surface area contributed by atoms with Gasteiger partial charge in [-0.1, -0.05) is 13.3 Å². The first kappa shape index (κ1) is 10.1. The lowest BCUT2D eigenvalue weighted by atomic mass is 10.3. The quantitative estimate of drug-likeness (QED) is 0.697. The Balaban J connectivity index is 2.66. The average Bonchev–Trinajstić information content (AvgIpc) is 2.44. The van der Waals surface area contributed by atoms with Gasteiger partial charge in [-0.05, 0) is 19.4 Å². The molecule has 1 rings (SSSR count). The van der Waals surface area contributed by atoms with E-state index in [1.54, 1.807) is 10.7 Å². The summed E-state index contributed by atoms with van der Waals surface area (Å²) in [5, 5.41) is 3.07. The highest BCUT2D eigenvalue weighted by Gasteiger charge is 2.00. The number of aromatic nitrogens is 2. The Hall–Kier alpha value is -1.03. The van der Waals surface area contributed by atoms with E-state index in [2.05, 4.69) is 12.0 Å². The first-order chi connectivity index (χ1) is 6.27. The summed E-state index contributed by atoms with van der Waals surface area (Å²) in [6.45, 7) is 3.41. The molecule has 0 unspecified atom stereocenters. The normalized spacial score (nSPS) is 10.6. The minimum Gasteiger partial charge on any atom is -0.330 e. The molecule has 4 nitrogen and oxygen atoms in total. The molecule has 0 aliphatic heterocycles. The molecule has 13 heavy (non-hydrogen) atoms. The first-order valence-electron chi connectivity index (χ1n) is 4.76. The van der Waals surface area contributed by atoms with E-state index in [0.29, 0.717) is 13.1 Å². The van der Waals surface area contributed by atoms with Crippen molar-refractivity contribution in [3.8, 4) is 0 Å². The van der Waals surface area contributed by atoms with Gasteiger partial charge >= 0.3 is 0 Å². The molecular weight excluding hydrogens is 166 g/mol. The largest absolute Gasteiger partial charge is 0.330 e. The fourth-order valence-corrected chi connectivity index (χ4v) is 1.30. The van der Waals surface area contributed by atoms with E-state index in [9.17, 15) is 4.79 Å². The average molecular weight is 183 g/mol. The summed E-state index contributed by atoms with van der Waals surface area (Å²) in [6.07, 6.45) is 2.83. The predicted molar refractivity (Wildman–Crippen MR) is 52.7 cm³/mol. The molecule has 1 aromatic heterocycles. The molecule has 0 spiro atoms. The molecule has 0 aromatic carbocycles. The predicted octanol–water partition coefficient (Wildman–Crippen LogP) is 0.478. The van der Waals surface area contributed by atoms with Crippen LogP contribution in [0.15, 0.2) is 10.9 Å². The molecule has 0 aliphatic rings. The van der Waals surface area contributed by atoms with Crippen molar-refractivity contribution in [1.82, 2.24) is 9.78 Å². The smallest absolute Gasteiger partial charge is 0.266 e. The van der Waals surface area contributed by atoms with Gasteiger partial charge in [0.25, 0.3) is 5.56 Å².